The van der Waals surface area contributed by atoms with E-state index >= 15 is 0 Å². The molecule has 0 aliphatic carbocycles. The van der Waals surface area contributed by atoms with Crippen molar-refractivity contribution >= 4 is 28.6 Å². The highest BCUT2D eigenvalue weighted by atomic mass is 35.5. The van der Waals surface area contributed by atoms with Crippen LogP contribution in [0.1, 0.15) is 45.6 Å². The summed E-state index contributed by atoms with van der Waals surface area (Å²) in [7, 11) is 0. The molecule has 0 bridgehead atoms. The molecule has 21 heavy (non-hydrogen) atoms. The van der Waals surface area contributed by atoms with Crippen molar-refractivity contribution in [1.82, 2.24) is 9.55 Å². The molecular weight excluding hydrogens is 286 g/mol. The number of nitrogens with two attached hydrogens (primary N) is 1. The van der Waals surface area contributed by atoms with Crippen molar-refractivity contribution in [3.8, 4) is 0 Å². The highest BCUT2D eigenvalue weighted by Gasteiger charge is 2.36. The molecule has 1 saturated heterocycles. The Bertz CT molecular complexity index is 648. The van der Waals surface area contributed by atoms with Gasteiger partial charge in [0.2, 0.25) is 5.95 Å². The van der Waals surface area contributed by atoms with E-state index in [0.717, 1.165) is 43.3 Å². The zero-order valence-corrected chi connectivity index (χ0v) is 13.4. The molecule has 1 aliphatic heterocycles. The number of aromatic nitrogens is 2. The Morgan fingerprint density at radius 1 is 1.43 bits per heavy atom. The molecule has 1 aromatic heterocycles. The lowest BCUT2D eigenvalue weighted by Crippen LogP contribution is -2.39. The molecule has 0 saturated carbocycles. The number of hydrogen-bond acceptors (Lipinski definition) is 3. The number of imidazole rings is 1. The van der Waals surface area contributed by atoms with E-state index in [9.17, 15) is 0 Å². The van der Waals surface area contributed by atoms with Crippen LogP contribution < -0.4 is 5.73 Å². The van der Waals surface area contributed by atoms with Crippen LogP contribution in [-0.2, 0) is 4.74 Å². The second kappa shape index (κ2) is 5.50. The average Bonchev–Trinajstić information content (AvgIpc) is 2.82. The summed E-state index contributed by atoms with van der Waals surface area (Å²) < 4.78 is 8.21. The molecule has 1 aromatic carbocycles. The second-order valence-electron chi connectivity index (χ2n) is 5.86. The second-order valence-corrected chi connectivity index (χ2v) is 6.29. The molecule has 1 unspecified atom stereocenters. The molecule has 1 fully saturated rings. The van der Waals surface area contributed by atoms with Gasteiger partial charge < -0.3 is 15.0 Å². The SMILES string of the molecule is CCC1(CC)CC(n2c(N)nc3ccc(Cl)cc32)CCO1. The van der Waals surface area contributed by atoms with Gasteiger partial charge in [0, 0.05) is 17.7 Å². The van der Waals surface area contributed by atoms with Crippen LogP contribution in [0.4, 0.5) is 5.95 Å². The maximum atomic E-state index is 6.17. The van der Waals surface area contributed by atoms with Gasteiger partial charge in [0.1, 0.15) is 0 Å². The summed E-state index contributed by atoms with van der Waals surface area (Å²) >= 11 is 6.14. The number of ether oxygens (including phenoxy) is 1. The zero-order valence-electron chi connectivity index (χ0n) is 12.6. The first-order chi connectivity index (χ1) is 10.1. The van der Waals surface area contributed by atoms with Crippen LogP contribution in [0.15, 0.2) is 18.2 Å². The number of rotatable bonds is 3. The molecule has 4 nitrogen and oxygen atoms in total. The molecule has 0 amide bonds. The maximum Gasteiger partial charge on any atom is 0.201 e. The van der Waals surface area contributed by atoms with E-state index in [4.69, 9.17) is 22.1 Å². The van der Waals surface area contributed by atoms with Gasteiger partial charge in [0.05, 0.1) is 16.6 Å². The predicted molar refractivity (Wildman–Crippen MR) is 86.7 cm³/mol. The lowest BCUT2D eigenvalue weighted by molar-refractivity contribution is -0.0979. The molecule has 2 heterocycles. The Morgan fingerprint density at radius 2 is 2.19 bits per heavy atom. The Labute approximate surface area is 130 Å². The van der Waals surface area contributed by atoms with Crippen molar-refractivity contribution in [2.75, 3.05) is 12.3 Å². The minimum absolute atomic E-state index is 0.0372. The van der Waals surface area contributed by atoms with Crippen LogP contribution in [0.2, 0.25) is 5.02 Å². The van der Waals surface area contributed by atoms with Crippen molar-refractivity contribution < 1.29 is 4.74 Å². The number of halogens is 1. The van der Waals surface area contributed by atoms with Crippen LogP contribution in [0.5, 0.6) is 0 Å². The van der Waals surface area contributed by atoms with Gasteiger partial charge in [-0.25, -0.2) is 4.98 Å². The summed E-state index contributed by atoms with van der Waals surface area (Å²) in [4.78, 5) is 4.47. The standard InChI is InChI=1S/C16H22ClN3O/c1-3-16(4-2)10-12(7-8-21-16)20-14-9-11(17)5-6-13(14)19-15(20)18/h5-6,9,12H,3-4,7-8,10H2,1-2H3,(H2,18,19). The minimum atomic E-state index is -0.0372. The highest BCUT2D eigenvalue weighted by molar-refractivity contribution is 6.31. The number of anilines is 1. The summed E-state index contributed by atoms with van der Waals surface area (Å²) in [5.41, 5.74) is 8.06. The van der Waals surface area contributed by atoms with Crippen molar-refractivity contribution in [3.05, 3.63) is 23.2 Å². The van der Waals surface area contributed by atoms with E-state index in [2.05, 4.69) is 23.4 Å². The van der Waals surface area contributed by atoms with Gasteiger partial charge in [0.15, 0.2) is 0 Å². The number of benzene rings is 1. The van der Waals surface area contributed by atoms with Crippen LogP contribution >= 0.6 is 11.6 Å². The van der Waals surface area contributed by atoms with E-state index < -0.39 is 0 Å². The Morgan fingerprint density at radius 3 is 2.90 bits per heavy atom. The van der Waals surface area contributed by atoms with E-state index in [0.29, 0.717) is 17.0 Å². The third kappa shape index (κ3) is 2.51. The Balaban J connectivity index is 2.03. The molecule has 0 radical (unpaired) electrons. The maximum absolute atomic E-state index is 6.17. The molecule has 2 aromatic rings. The molecule has 1 atom stereocenters. The molecule has 2 N–H and O–H groups in total. The van der Waals surface area contributed by atoms with Gasteiger partial charge in [0.25, 0.3) is 0 Å². The topological polar surface area (TPSA) is 53.1 Å². The minimum Gasteiger partial charge on any atom is -0.375 e. The third-order valence-electron chi connectivity index (χ3n) is 4.80. The Hall–Kier alpha value is -1.26. The first-order valence-corrected chi connectivity index (χ1v) is 8.03. The van der Waals surface area contributed by atoms with Crippen LogP contribution in [0.3, 0.4) is 0 Å². The van der Waals surface area contributed by atoms with Crippen LogP contribution in [-0.4, -0.2) is 21.8 Å². The molecule has 3 rings (SSSR count). The van der Waals surface area contributed by atoms with Crippen molar-refractivity contribution in [1.29, 1.82) is 0 Å². The summed E-state index contributed by atoms with van der Waals surface area (Å²) in [6.45, 7) is 5.16. The summed E-state index contributed by atoms with van der Waals surface area (Å²) in [5.74, 6) is 0.570. The third-order valence-corrected chi connectivity index (χ3v) is 5.03. The lowest BCUT2D eigenvalue weighted by Gasteiger charge is -2.40. The number of nitrogen functional groups attached to an aromatic ring is 1. The van der Waals surface area contributed by atoms with Crippen LogP contribution in [0.25, 0.3) is 11.0 Å². The van der Waals surface area contributed by atoms with E-state index in [1.807, 2.05) is 18.2 Å². The first kappa shape index (κ1) is 14.7. The molecule has 114 valence electrons. The average molecular weight is 308 g/mol. The van der Waals surface area contributed by atoms with Gasteiger partial charge >= 0.3 is 0 Å². The number of fused-ring (bicyclic) bond motifs is 1. The van der Waals surface area contributed by atoms with Gasteiger partial charge in [-0.1, -0.05) is 25.4 Å². The van der Waals surface area contributed by atoms with E-state index in [1.165, 1.54) is 0 Å². The van der Waals surface area contributed by atoms with Gasteiger partial charge in [-0.05, 0) is 43.9 Å². The largest absolute Gasteiger partial charge is 0.375 e. The van der Waals surface area contributed by atoms with Crippen LogP contribution in [0, 0.1) is 0 Å². The quantitative estimate of drug-likeness (QED) is 0.925. The fourth-order valence-corrected chi connectivity index (χ4v) is 3.60. The lowest BCUT2D eigenvalue weighted by atomic mass is 9.85. The fraction of sp³-hybridized carbons (Fsp3) is 0.562. The van der Waals surface area contributed by atoms with Crippen molar-refractivity contribution in [2.24, 2.45) is 0 Å². The predicted octanol–water partition coefficient (Wildman–Crippen LogP) is 4.18. The summed E-state index contributed by atoms with van der Waals surface area (Å²) in [6, 6.07) is 6.06. The van der Waals surface area contributed by atoms with Gasteiger partial charge in [-0.15, -0.1) is 0 Å². The molecular formula is C16H22ClN3O. The van der Waals surface area contributed by atoms with Gasteiger partial charge in [-0.2, -0.15) is 0 Å². The summed E-state index contributed by atoms with van der Waals surface area (Å²) in [6.07, 6.45) is 3.98. The fourth-order valence-electron chi connectivity index (χ4n) is 3.43. The Kier molecular flexibility index (Phi) is 3.84. The molecule has 0 spiro atoms. The smallest absolute Gasteiger partial charge is 0.201 e. The summed E-state index contributed by atoms with van der Waals surface area (Å²) in [5, 5.41) is 0.716. The molecule has 1 aliphatic rings. The van der Waals surface area contributed by atoms with Gasteiger partial charge in [-0.3, -0.25) is 0 Å². The zero-order chi connectivity index (χ0) is 15.0. The molecule has 5 heteroatoms. The highest BCUT2D eigenvalue weighted by Crippen LogP contribution is 2.39. The van der Waals surface area contributed by atoms with Crippen molar-refractivity contribution in [3.63, 3.8) is 0 Å². The normalized spacial score (nSPS) is 21.8. The van der Waals surface area contributed by atoms with E-state index in [-0.39, 0.29) is 5.60 Å². The number of hydrogen-bond donors (Lipinski definition) is 1. The van der Waals surface area contributed by atoms with Crippen molar-refractivity contribution in [2.45, 2.75) is 51.2 Å². The number of nitrogens with zero attached hydrogens (tertiary/aromatic N) is 2. The first-order valence-electron chi connectivity index (χ1n) is 7.65. The monoisotopic (exact) mass is 307 g/mol. The van der Waals surface area contributed by atoms with E-state index in [1.54, 1.807) is 0 Å².